The number of hydrogen-bond donors (Lipinski definition) is 0. The molecule has 0 unspecified atom stereocenters. The van der Waals surface area contributed by atoms with E-state index in [1.54, 1.807) is 0 Å². The van der Waals surface area contributed by atoms with Crippen LogP contribution in [0.2, 0.25) is 0 Å². The van der Waals surface area contributed by atoms with Crippen molar-refractivity contribution in [2.24, 2.45) is 0 Å². The van der Waals surface area contributed by atoms with Crippen molar-refractivity contribution in [1.82, 2.24) is 4.57 Å². The average Bonchev–Trinajstić information content (AvgIpc) is 1.90. The van der Waals surface area contributed by atoms with E-state index < -0.39 is 8.99 Å². The van der Waals surface area contributed by atoms with E-state index in [-0.39, 0.29) is 0 Å². The predicted molar refractivity (Wildman–Crippen MR) is 36.8 cm³/mol. The summed E-state index contributed by atoms with van der Waals surface area (Å²) in [6.07, 6.45) is 0. The number of halogens is 1. The molecule has 1 fully saturated rings. The molecule has 0 aromatic heterocycles. The van der Waals surface area contributed by atoms with Crippen LogP contribution in [0.3, 0.4) is 0 Å². The molecule has 0 bridgehead atoms. The highest BCUT2D eigenvalue weighted by atomic mass is 35.6. The van der Waals surface area contributed by atoms with Crippen LogP contribution >= 0.6 is 11.1 Å². The summed E-state index contributed by atoms with van der Waals surface area (Å²) in [6.45, 7) is 3.85. The van der Waals surface area contributed by atoms with Crippen molar-refractivity contribution >= 4 is 20.1 Å². The molecule has 0 radical (unpaired) electrons. The van der Waals surface area contributed by atoms with Crippen molar-refractivity contribution in [3.05, 3.63) is 0 Å². The molecule has 1 aliphatic rings. The van der Waals surface area contributed by atoms with Crippen molar-refractivity contribution < 1.29 is 4.74 Å². The maximum Gasteiger partial charge on any atom is 0.198 e. The van der Waals surface area contributed by atoms with Crippen molar-refractivity contribution in [2.75, 3.05) is 26.3 Å². The van der Waals surface area contributed by atoms with E-state index in [9.17, 15) is 0 Å². The van der Waals surface area contributed by atoms with E-state index in [0.29, 0.717) is 0 Å². The first kappa shape index (κ1) is 6.55. The van der Waals surface area contributed by atoms with Crippen molar-refractivity contribution in [2.45, 2.75) is 0 Å². The Bertz CT molecular complexity index is 67.1. The Hall–Kier alpha value is 0.427. The number of nitrogens with zero attached hydrogens (tertiary/aromatic N) is 1. The van der Waals surface area contributed by atoms with E-state index in [2.05, 4.69) is 4.57 Å². The summed E-state index contributed by atoms with van der Waals surface area (Å²) in [5.74, 6) is 0. The smallest absolute Gasteiger partial charge is 0.198 e. The predicted octanol–water partition coefficient (Wildman–Crippen LogP) is -0.444. The van der Waals surface area contributed by atoms with E-state index >= 15 is 0 Å². The molecule has 0 amide bonds. The summed E-state index contributed by atoms with van der Waals surface area (Å²) in [5.41, 5.74) is 0. The maximum atomic E-state index is 5.69. The molecule has 0 aromatic carbocycles. The highest BCUT2D eigenvalue weighted by Gasteiger charge is 2.07. The molecule has 1 saturated heterocycles. The fourth-order valence-electron chi connectivity index (χ4n) is 0.721. The molecule has 48 valence electrons. The van der Waals surface area contributed by atoms with Crippen LogP contribution in [0.25, 0.3) is 0 Å². The van der Waals surface area contributed by atoms with Crippen LogP contribution in [0, 0.1) is 0 Å². The number of morpholine rings is 1. The zero-order valence-electron chi connectivity index (χ0n) is 4.77. The fraction of sp³-hybridized carbons (Fsp3) is 1.00. The topological polar surface area (TPSA) is 12.5 Å². The summed E-state index contributed by atoms with van der Waals surface area (Å²) in [5, 5.41) is 0. The first-order valence-corrected chi connectivity index (χ1v) is 5.56. The SMILES string of the molecule is Cl[SiH2]N1CCOCC1. The fourth-order valence-corrected chi connectivity index (χ4v) is 1.94. The molecule has 1 aliphatic heterocycles. The standard InChI is InChI=1S/C4H10ClNOSi/c5-8-6-1-3-7-4-2-6/h1-4,8H2. The van der Waals surface area contributed by atoms with Gasteiger partial charge in [-0.05, 0) is 0 Å². The molecule has 8 heavy (non-hydrogen) atoms. The molecule has 0 atom stereocenters. The molecule has 2 nitrogen and oxygen atoms in total. The lowest BCUT2D eigenvalue weighted by molar-refractivity contribution is 0.0734. The van der Waals surface area contributed by atoms with Gasteiger partial charge in [-0.2, -0.15) is 11.1 Å². The second-order valence-electron chi connectivity index (χ2n) is 1.85. The van der Waals surface area contributed by atoms with Crippen molar-refractivity contribution in [1.29, 1.82) is 0 Å². The van der Waals surface area contributed by atoms with Gasteiger partial charge in [0, 0.05) is 13.1 Å². The summed E-state index contributed by atoms with van der Waals surface area (Å²) >= 11 is 5.69. The molecule has 1 heterocycles. The third-order valence-corrected chi connectivity index (χ3v) is 3.26. The Balaban J connectivity index is 2.13. The third-order valence-electron chi connectivity index (χ3n) is 1.27. The van der Waals surface area contributed by atoms with E-state index in [4.69, 9.17) is 15.8 Å². The molecule has 0 saturated carbocycles. The van der Waals surface area contributed by atoms with Crippen LogP contribution in [-0.2, 0) is 4.74 Å². The molecule has 0 aromatic rings. The van der Waals surface area contributed by atoms with E-state index in [1.165, 1.54) is 0 Å². The van der Waals surface area contributed by atoms with Gasteiger partial charge in [0.2, 0.25) is 0 Å². The van der Waals surface area contributed by atoms with Crippen LogP contribution in [0.15, 0.2) is 0 Å². The lowest BCUT2D eigenvalue weighted by Crippen LogP contribution is -2.36. The quantitative estimate of drug-likeness (QED) is 0.372. The van der Waals surface area contributed by atoms with Crippen LogP contribution in [0.4, 0.5) is 0 Å². The number of hydrogen-bond acceptors (Lipinski definition) is 2. The highest BCUT2D eigenvalue weighted by molar-refractivity contribution is 6.92. The Kier molecular flexibility index (Phi) is 2.82. The summed E-state index contributed by atoms with van der Waals surface area (Å²) in [7, 11) is -0.406. The largest absolute Gasteiger partial charge is 0.379 e. The van der Waals surface area contributed by atoms with Crippen LogP contribution in [0.5, 0.6) is 0 Å². The zero-order chi connectivity index (χ0) is 5.82. The Morgan fingerprint density at radius 1 is 1.38 bits per heavy atom. The van der Waals surface area contributed by atoms with Crippen molar-refractivity contribution in [3.63, 3.8) is 0 Å². The highest BCUT2D eigenvalue weighted by Crippen LogP contribution is 1.94. The maximum absolute atomic E-state index is 5.69. The average molecular weight is 152 g/mol. The van der Waals surface area contributed by atoms with Gasteiger partial charge >= 0.3 is 0 Å². The second kappa shape index (κ2) is 3.45. The van der Waals surface area contributed by atoms with E-state index in [0.717, 1.165) is 26.3 Å². The molecule has 0 aliphatic carbocycles. The third kappa shape index (κ3) is 1.74. The first-order chi connectivity index (χ1) is 3.93. The van der Waals surface area contributed by atoms with E-state index in [1.807, 2.05) is 0 Å². The zero-order valence-corrected chi connectivity index (χ0v) is 6.94. The Morgan fingerprint density at radius 3 is 2.38 bits per heavy atom. The Morgan fingerprint density at radius 2 is 2.00 bits per heavy atom. The van der Waals surface area contributed by atoms with Gasteiger partial charge in [-0.3, -0.25) is 0 Å². The number of rotatable bonds is 1. The molecular formula is C4H10ClNOSi. The summed E-state index contributed by atoms with van der Waals surface area (Å²) in [4.78, 5) is 0. The minimum Gasteiger partial charge on any atom is -0.379 e. The number of ether oxygens (including phenoxy) is 1. The minimum absolute atomic E-state index is 0.406. The Labute approximate surface area is 56.4 Å². The summed E-state index contributed by atoms with van der Waals surface area (Å²) < 4.78 is 7.42. The minimum atomic E-state index is -0.406. The second-order valence-corrected chi connectivity index (χ2v) is 3.70. The van der Waals surface area contributed by atoms with Gasteiger partial charge in [0.15, 0.2) is 8.99 Å². The van der Waals surface area contributed by atoms with Gasteiger partial charge in [-0.1, -0.05) is 0 Å². The molecule has 0 N–H and O–H groups in total. The monoisotopic (exact) mass is 151 g/mol. The van der Waals surface area contributed by atoms with Crippen LogP contribution in [0.1, 0.15) is 0 Å². The van der Waals surface area contributed by atoms with Crippen LogP contribution < -0.4 is 0 Å². The van der Waals surface area contributed by atoms with Crippen LogP contribution in [-0.4, -0.2) is 39.9 Å². The molecule has 1 rings (SSSR count). The lowest BCUT2D eigenvalue weighted by atomic mass is 10.5. The van der Waals surface area contributed by atoms with Gasteiger partial charge in [0.1, 0.15) is 0 Å². The molecule has 4 heteroatoms. The van der Waals surface area contributed by atoms with Gasteiger partial charge in [0.05, 0.1) is 13.2 Å². The van der Waals surface area contributed by atoms with Gasteiger partial charge in [-0.15, -0.1) is 0 Å². The van der Waals surface area contributed by atoms with Crippen molar-refractivity contribution in [3.8, 4) is 0 Å². The van der Waals surface area contributed by atoms with Gasteiger partial charge in [0.25, 0.3) is 0 Å². The molecule has 0 spiro atoms. The lowest BCUT2D eigenvalue weighted by Gasteiger charge is -2.23. The van der Waals surface area contributed by atoms with Gasteiger partial charge < -0.3 is 9.30 Å². The van der Waals surface area contributed by atoms with Gasteiger partial charge in [-0.25, -0.2) is 0 Å². The summed E-state index contributed by atoms with van der Waals surface area (Å²) in [6, 6.07) is 0. The normalized spacial score (nSPS) is 25.1. The first-order valence-electron chi connectivity index (χ1n) is 2.79. The molecular weight excluding hydrogens is 142 g/mol.